The summed E-state index contributed by atoms with van der Waals surface area (Å²) >= 11 is 1.69. The Kier molecular flexibility index (Phi) is 5.30. The zero-order valence-corrected chi connectivity index (χ0v) is 15.1. The molecule has 0 N–H and O–H groups in total. The average molecular weight is 342 g/mol. The van der Waals surface area contributed by atoms with Gasteiger partial charge in [0.2, 0.25) is 0 Å². The first-order chi connectivity index (χ1) is 11.7. The molecule has 6 nitrogen and oxygen atoms in total. The second-order valence-corrected chi connectivity index (χ2v) is 6.64. The lowest BCUT2D eigenvalue weighted by Gasteiger charge is -2.09. The first-order valence-corrected chi connectivity index (χ1v) is 9.18. The van der Waals surface area contributed by atoms with Crippen molar-refractivity contribution >= 4 is 11.8 Å². The largest absolute Gasteiger partial charge is 0.323 e. The van der Waals surface area contributed by atoms with Crippen molar-refractivity contribution in [3.63, 3.8) is 0 Å². The van der Waals surface area contributed by atoms with Gasteiger partial charge in [-0.15, -0.1) is 5.10 Å². The number of aromatic nitrogens is 6. The third kappa shape index (κ3) is 3.51. The maximum atomic E-state index is 4.71. The summed E-state index contributed by atoms with van der Waals surface area (Å²) in [6, 6.07) is 9.95. The minimum atomic E-state index is 0.684. The van der Waals surface area contributed by atoms with Gasteiger partial charge >= 0.3 is 0 Å². The van der Waals surface area contributed by atoms with Crippen LogP contribution in [0.2, 0.25) is 0 Å². The van der Waals surface area contributed by atoms with Crippen LogP contribution in [-0.4, -0.2) is 29.8 Å². The van der Waals surface area contributed by atoms with Crippen LogP contribution in [0.1, 0.15) is 37.0 Å². The van der Waals surface area contributed by atoms with Crippen molar-refractivity contribution in [1.29, 1.82) is 0 Å². The molecule has 3 rings (SSSR count). The number of tetrazole rings is 1. The summed E-state index contributed by atoms with van der Waals surface area (Å²) < 4.78 is 4.09. The number of aryl methyl sites for hydroxylation is 1. The molecular weight excluding hydrogens is 320 g/mol. The number of nitrogens with zero attached hydrogens (tertiary/aromatic N) is 6. The summed E-state index contributed by atoms with van der Waals surface area (Å²) in [5.74, 6) is 1.51. The predicted octanol–water partition coefficient (Wildman–Crippen LogP) is 3.57. The minimum absolute atomic E-state index is 0.684. The first-order valence-electron chi connectivity index (χ1n) is 8.20. The summed E-state index contributed by atoms with van der Waals surface area (Å²) in [4.78, 5) is 4.71. The van der Waals surface area contributed by atoms with Crippen molar-refractivity contribution in [1.82, 2.24) is 29.8 Å². The molecule has 0 spiro atoms. The van der Waals surface area contributed by atoms with Gasteiger partial charge in [-0.05, 0) is 42.8 Å². The van der Waals surface area contributed by atoms with Gasteiger partial charge in [-0.2, -0.15) is 4.68 Å². The van der Waals surface area contributed by atoms with Crippen molar-refractivity contribution < 1.29 is 0 Å². The van der Waals surface area contributed by atoms with Gasteiger partial charge in [0, 0.05) is 12.2 Å². The fraction of sp³-hybridized carbons (Fsp3) is 0.412. The number of thioether (sulfide) groups is 1. The monoisotopic (exact) mass is 342 g/mol. The Morgan fingerprint density at radius 3 is 2.67 bits per heavy atom. The van der Waals surface area contributed by atoms with Gasteiger partial charge in [0.15, 0.2) is 11.0 Å². The molecule has 0 radical (unpaired) electrons. The Hall–Kier alpha value is -2.15. The van der Waals surface area contributed by atoms with Crippen LogP contribution in [-0.2, 0) is 12.3 Å². The fourth-order valence-corrected chi connectivity index (χ4v) is 3.53. The Labute approximate surface area is 146 Å². The minimum Gasteiger partial charge on any atom is -0.323 e. The van der Waals surface area contributed by atoms with Gasteiger partial charge in [-0.1, -0.05) is 43.3 Å². The van der Waals surface area contributed by atoms with Crippen molar-refractivity contribution in [2.45, 2.75) is 51.1 Å². The summed E-state index contributed by atoms with van der Waals surface area (Å²) in [6.45, 7) is 7.42. The number of para-hydroxylation sites is 1. The van der Waals surface area contributed by atoms with Crippen LogP contribution in [0.4, 0.5) is 0 Å². The van der Waals surface area contributed by atoms with E-state index in [9.17, 15) is 0 Å². The summed E-state index contributed by atoms with van der Waals surface area (Å²) in [5, 5.41) is 13.2. The summed E-state index contributed by atoms with van der Waals surface area (Å²) in [6.07, 6.45) is 2.33. The summed E-state index contributed by atoms with van der Waals surface area (Å²) in [7, 11) is 0. The Bertz CT molecular complexity index is 793. The van der Waals surface area contributed by atoms with E-state index in [0.717, 1.165) is 35.3 Å². The zero-order chi connectivity index (χ0) is 16.9. The second kappa shape index (κ2) is 7.61. The van der Waals surface area contributed by atoms with Gasteiger partial charge in [0.1, 0.15) is 0 Å². The lowest BCUT2D eigenvalue weighted by atomic mass is 10.3. The number of hydrogen-bond donors (Lipinski definition) is 0. The van der Waals surface area contributed by atoms with Crippen LogP contribution in [0, 0.1) is 13.8 Å². The van der Waals surface area contributed by atoms with E-state index in [-0.39, 0.29) is 0 Å². The first kappa shape index (κ1) is 16.7. The maximum Gasteiger partial charge on any atom is 0.168 e. The Morgan fingerprint density at radius 2 is 1.92 bits per heavy atom. The highest BCUT2D eigenvalue weighted by Gasteiger charge is 2.14. The van der Waals surface area contributed by atoms with Crippen molar-refractivity contribution in [2.75, 3.05) is 0 Å². The fourth-order valence-electron chi connectivity index (χ4n) is 2.51. The van der Waals surface area contributed by atoms with E-state index in [0.29, 0.717) is 5.75 Å². The number of unbranched alkanes of at least 4 members (excludes halogenated alkanes) is 1. The molecule has 24 heavy (non-hydrogen) atoms. The molecular formula is C17H22N6S. The number of rotatable bonds is 7. The molecule has 3 aromatic rings. The molecule has 2 heterocycles. The second-order valence-electron chi connectivity index (χ2n) is 5.70. The van der Waals surface area contributed by atoms with Crippen LogP contribution in [0.15, 0.2) is 35.5 Å². The van der Waals surface area contributed by atoms with E-state index >= 15 is 0 Å². The predicted molar refractivity (Wildman–Crippen MR) is 95.3 cm³/mol. The number of hydrogen-bond acceptors (Lipinski definition) is 5. The molecule has 126 valence electrons. The molecule has 0 aliphatic carbocycles. The van der Waals surface area contributed by atoms with E-state index in [1.807, 2.05) is 30.3 Å². The molecule has 0 fully saturated rings. The standard InChI is InChI=1S/C17H22N6S/c1-4-5-11-22-14(3)13(2)18-17(22)24-12-16-19-20-21-23(16)15-9-7-6-8-10-15/h6-10H,4-5,11-12H2,1-3H3. The number of imidazole rings is 1. The van der Waals surface area contributed by atoms with Crippen LogP contribution < -0.4 is 0 Å². The summed E-state index contributed by atoms with van der Waals surface area (Å²) in [5.41, 5.74) is 3.31. The van der Waals surface area contributed by atoms with Crippen molar-refractivity contribution in [3.05, 3.63) is 47.5 Å². The molecule has 0 unspecified atom stereocenters. The SMILES string of the molecule is CCCCn1c(SCc2nnnn2-c2ccccc2)nc(C)c1C. The Balaban J connectivity index is 1.78. The third-order valence-corrected chi connectivity index (χ3v) is 5.00. The normalized spacial score (nSPS) is 11.1. The van der Waals surface area contributed by atoms with E-state index in [1.54, 1.807) is 16.4 Å². The molecule has 1 aromatic carbocycles. The van der Waals surface area contributed by atoms with Crippen LogP contribution in [0.3, 0.4) is 0 Å². The molecule has 0 saturated heterocycles. The maximum absolute atomic E-state index is 4.71. The van der Waals surface area contributed by atoms with Crippen LogP contribution in [0.5, 0.6) is 0 Å². The molecule has 0 aliphatic heterocycles. The highest BCUT2D eigenvalue weighted by molar-refractivity contribution is 7.98. The molecule has 0 saturated carbocycles. The third-order valence-electron chi connectivity index (χ3n) is 4.02. The van der Waals surface area contributed by atoms with Gasteiger partial charge in [0.25, 0.3) is 0 Å². The van der Waals surface area contributed by atoms with Crippen molar-refractivity contribution in [2.24, 2.45) is 0 Å². The Morgan fingerprint density at radius 1 is 1.12 bits per heavy atom. The smallest absolute Gasteiger partial charge is 0.168 e. The van der Waals surface area contributed by atoms with Gasteiger partial charge in [-0.25, -0.2) is 4.98 Å². The van der Waals surface area contributed by atoms with Gasteiger partial charge < -0.3 is 4.57 Å². The van der Waals surface area contributed by atoms with Crippen LogP contribution >= 0.6 is 11.8 Å². The topological polar surface area (TPSA) is 61.4 Å². The van der Waals surface area contributed by atoms with Crippen LogP contribution in [0.25, 0.3) is 5.69 Å². The van der Waals surface area contributed by atoms with E-state index in [4.69, 9.17) is 4.98 Å². The lowest BCUT2D eigenvalue weighted by molar-refractivity contribution is 0.575. The number of benzene rings is 1. The van der Waals surface area contributed by atoms with Gasteiger partial charge in [0.05, 0.1) is 17.1 Å². The average Bonchev–Trinajstić information content (AvgIpc) is 3.18. The van der Waals surface area contributed by atoms with Gasteiger partial charge in [-0.3, -0.25) is 0 Å². The highest BCUT2D eigenvalue weighted by atomic mass is 32.2. The van der Waals surface area contributed by atoms with E-state index in [1.165, 1.54) is 12.1 Å². The molecule has 0 atom stereocenters. The molecule has 0 amide bonds. The molecule has 0 bridgehead atoms. The van der Waals surface area contributed by atoms with Crippen molar-refractivity contribution in [3.8, 4) is 5.69 Å². The lowest BCUT2D eigenvalue weighted by Crippen LogP contribution is -2.04. The highest BCUT2D eigenvalue weighted by Crippen LogP contribution is 2.25. The molecule has 0 aliphatic rings. The van der Waals surface area contributed by atoms with E-state index in [2.05, 4.69) is 40.9 Å². The zero-order valence-electron chi connectivity index (χ0n) is 14.3. The molecule has 7 heteroatoms. The van der Waals surface area contributed by atoms with E-state index < -0.39 is 0 Å². The molecule has 2 aromatic heterocycles. The quantitative estimate of drug-likeness (QED) is 0.614.